The Morgan fingerprint density at radius 1 is 1.25 bits per heavy atom. The molecule has 0 radical (unpaired) electrons. The van der Waals surface area contributed by atoms with Gasteiger partial charge in [-0.1, -0.05) is 26.7 Å². The first-order chi connectivity index (χ1) is 9.70. The van der Waals surface area contributed by atoms with E-state index in [2.05, 4.69) is 24.1 Å². The van der Waals surface area contributed by atoms with Gasteiger partial charge in [0.05, 0.1) is 6.10 Å². The van der Waals surface area contributed by atoms with Crippen molar-refractivity contribution in [3.05, 3.63) is 0 Å². The van der Waals surface area contributed by atoms with E-state index in [4.69, 9.17) is 4.74 Å². The van der Waals surface area contributed by atoms with Gasteiger partial charge in [0.1, 0.15) is 0 Å². The second-order valence-electron chi connectivity index (χ2n) is 7.53. The molecule has 1 spiro atoms. The molecule has 3 rings (SSSR count). The summed E-state index contributed by atoms with van der Waals surface area (Å²) in [4.78, 5) is 2.84. The van der Waals surface area contributed by atoms with Gasteiger partial charge in [0.15, 0.2) is 0 Å². The molecule has 0 aromatic heterocycles. The molecule has 2 atom stereocenters. The third-order valence-corrected chi connectivity index (χ3v) is 5.87. The lowest BCUT2D eigenvalue weighted by molar-refractivity contribution is 0.0156. The lowest BCUT2D eigenvalue weighted by Crippen LogP contribution is -2.64. The topological polar surface area (TPSA) is 24.5 Å². The molecule has 0 aromatic carbocycles. The Balaban J connectivity index is 1.61. The predicted molar refractivity (Wildman–Crippen MR) is 83.0 cm³/mol. The molecule has 1 N–H and O–H groups in total. The van der Waals surface area contributed by atoms with Gasteiger partial charge >= 0.3 is 0 Å². The van der Waals surface area contributed by atoms with Crippen molar-refractivity contribution in [3.63, 3.8) is 0 Å². The van der Waals surface area contributed by atoms with Crippen molar-refractivity contribution < 1.29 is 4.74 Å². The zero-order valence-corrected chi connectivity index (χ0v) is 13.4. The summed E-state index contributed by atoms with van der Waals surface area (Å²) in [6, 6.07) is 0.672. The third kappa shape index (κ3) is 3.05. The molecule has 20 heavy (non-hydrogen) atoms. The van der Waals surface area contributed by atoms with Crippen LogP contribution in [0.25, 0.3) is 0 Å². The summed E-state index contributed by atoms with van der Waals surface area (Å²) in [7, 11) is 0. The first-order valence-electron chi connectivity index (χ1n) is 8.80. The second-order valence-corrected chi connectivity index (χ2v) is 7.53. The molecule has 2 saturated heterocycles. The Morgan fingerprint density at radius 3 is 2.70 bits per heavy atom. The summed E-state index contributed by atoms with van der Waals surface area (Å²) in [5, 5.41) is 3.84. The number of hydrogen-bond donors (Lipinski definition) is 1. The largest absolute Gasteiger partial charge is 0.378 e. The zero-order valence-electron chi connectivity index (χ0n) is 13.4. The number of nitrogens with one attached hydrogen (secondary N) is 1. The molecule has 2 aliphatic heterocycles. The summed E-state index contributed by atoms with van der Waals surface area (Å²) in [6.07, 6.45) is 9.98. The van der Waals surface area contributed by atoms with Gasteiger partial charge in [-0.25, -0.2) is 0 Å². The van der Waals surface area contributed by atoms with Crippen LogP contribution >= 0.6 is 0 Å². The molecular weight excluding hydrogens is 248 g/mol. The maximum Gasteiger partial charge on any atom is 0.0588 e. The highest BCUT2D eigenvalue weighted by Gasteiger charge is 2.43. The quantitative estimate of drug-likeness (QED) is 0.857. The summed E-state index contributed by atoms with van der Waals surface area (Å²) in [5.74, 6) is 0.735. The fraction of sp³-hybridized carbons (Fsp3) is 1.00. The van der Waals surface area contributed by atoms with E-state index in [1.54, 1.807) is 0 Å². The van der Waals surface area contributed by atoms with Crippen LogP contribution in [0.1, 0.15) is 58.8 Å². The van der Waals surface area contributed by atoms with Crippen LogP contribution in [0.15, 0.2) is 0 Å². The Kier molecular flexibility index (Phi) is 4.68. The lowest BCUT2D eigenvalue weighted by atomic mass is 9.88. The molecular formula is C17H32N2O. The monoisotopic (exact) mass is 280 g/mol. The molecule has 0 aromatic rings. The van der Waals surface area contributed by atoms with Crippen molar-refractivity contribution >= 4 is 0 Å². The molecule has 3 fully saturated rings. The fourth-order valence-electron chi connectivity index (χ4n) is 4.40. The summed E-state index contributed by atoms with van der Waals surface area (Å²) in [6.45, 7) is 9.39. The van der Waals surface area contributed by atoms with E-state index in [0.717, 1.165) is 12.5 Å². The summed E-state index contributed by atoms with van der Waals surface area (Å²) >= 11 is 0. The average molecular weight is 280 g/mol. The molecule has 0 bridgehead atoms. The minimum absolute atomic E-state index is 0.476. The minimum Gasteiger partial charge on any atom is -0.378 e. The maximum absolute atomic E-state index is 5.83. The number of ether oxygens (including phenoxy) is 1. The van der Waals surface area contributed by atoms with E-state index < -0.39 is 0 Å². The van der Waals surface area contributed by atoms with Gasteiger partial charge in [-0.3, -0.25) is 4.90 Å². The smallest absolute Gasteiger partial charge is 0.0588 e. The van der Waals surface area contributed by atoms with Crippen LogP contribution in [0.2, 0.25) is 0 Å². The van der Waals surface area contributed by atoms with E-state index in [1.165, 1.54) is 64.6 Å². The van der Waals surface area contributed by atoms with Crippen molar-refractivity contribution in [3.8, 4) is 0 Å². The van der Waals surface area contributed by atoms with E-state index in [-0.39, 0.29) is 0 Å². The molecule has 3 heteroatoms. The van der Waals surface area contributed by atoms with Gasteiger partial charge in [0.2, 0.25) is 0 Å². The lowest BCUT2D eigenvalue weighted by Gasteiger charge is -2.49. The first-order valence-corrected chi connectivity index (χ1v) is 8.80. The molecule has 0 amide bonds. The number of rotatable bonds is 4. The van der Waals surface area contributed by atoms with Crippen molar-refractivity contribution in [2.75, 3.05) is 26.2 Å². The van der Waals surface area contributed by atoms with Crippen LogP contribution in [0, 0.1) is 5.92 Å². The normalized spacial score (nSPS) is 34.4. The van der Waals surface area contributed by atoms with E-state index in [0.29, 0.717) is 17.7 Å². The summed E-state index contributed by atoms with van der Waals surface area (Å²) in [5.41, 5.74) is 0.476. The first kappa shape index (κ1) is 14.8. The van der Waals surface area contributed by atoms with Crippen LogP contribution in [-0.4, -0.2) is 48.8 Å². The van der Waals surface area contributed by atoms with Gasteiger partial charge in [-0.2, -0.15) is 0 Å². The van der Waals surface area contributed by atoms with Gasteiger partial charge in [0.25, 0.3) is 0 Å². The highest BCUT2D eigenvalue weighted by molar-refractivity contribution is 5.02. The fourth-order valence-corrected chi connectivity index (χ4v) is 4.40. The molecule has 3 nitrogen and oxygen atoms in total. The van der Waals surface area contributed by atoms with E-state index in [1.807, 2.05) is 0 Å². The standard InChI is InChI=1S/C17H32N2O/c1-14(2)16-12-19(10-7-15-6-5-11-20-15)17(13-18-16)8-3-4-9-17/h14-16,18H,3-13H2,1-2H3. The minimum atomic E-state index is 0.476. The van der Waals surface area contributed by atoms with Crippen LogP contribution in [0.3, 0.4) is 0 Å². The number of nitrogens with zero attached hydrogens (tertiary/aromatic N) is 1. The van der Waals surface area contributed by atoms with Gasteiger partial charge < -0.3 is 10.1 Å². The Hall–Kier alpha value is -0.120. The highest BCUT2D eigenvalue weighted by Crippen LogP contribution is 2.37. The molecule has 3 aliphatic rings. The predicted octanol–water partition coefficient (Wildman–Crippen LogP) is 2.80. The van der Waals surface area contributed by atoms with Crippen molar-refractivity contribution in [2.24, 2.45) is 5.92 Å². The van der Waals surface area contributed by atoms with E-state index in [9.17, 15) is 0 Å². The number of piperazine rings is 1. The zero-order chi connectivity index (χ0) is 14.0. The van der Waals surface area contributed by atoms with Crippen molar-refractivity contribution in [1.29, 1.82) is 0 Å². The number of hydrogen-bond acceptors (Lipinski definition) is 3. The third-order valence-electron chi connectivity index (χ3n) is 5.87. The Labute approximate surface area is 124 Å². The van der Waals surface area contributed by atoms with Crippen LogP contribution in [0.5, 0.6) is 0 Å². The molecule has 2 heterocycles. The Bertz CT molecular complexity index is 306. The molecule has 1 aliphatic carbocycles. The van der Waals surface area contributed by atoms with Crippen LogP contribution in [0.4, 0.5) is 0 Å². The summed E-state index contributed by atoms with van der Waals surface area (Å²) < 4.78 is 5.83. The highest BCUT2D eigenvalue weighted by atomic mass is 16.5. The van der Waals surface area contributed by atoms with E-state index >= 15 is 0 Å². The molecule has 2 unspecified atom stereocenters. The average Bonchev–Trinajstić information content (AvgIpc) is 3.10. The van der Waals surface area contributed by atoms with Crippen molar-refractivity contribution in [2.45, 2.75) is 76.5 Å². The van der Waals surface area contributed by atoms with Gasteiger partial charge in [0, 0.05) is 37.8 Å². The molecule has 1 saturated carbocycles. The van der Waals surface area contributed by atoms with Crippen LogP contribution in [-0.2, 0) is 4.74 Å². The Morgan fingerprint density at radius 2 is 2.05 bits per heavy atom. The van der Waals surface area contributed by atoms with Crippen molar-refractivity contribution in [1.82, 2.24) is 10.2 Å². The van der Waals surface area contributed by atoms with Gasteiger partial charge in [-0.05, 0) is 38.0 Å². The maximum atomic E-state index is 5.83. The second kappa shape index (κ2) is 6.33. The SMILES string of the molecule is CC(C)C1CN(CCC2CCCO2)C2(CCCC2)CN1. The van der Waals surface area contributed by atoms with Crippen LogP contribution < -0.4 is 5.32 Å². The molecule has 116 valence electrons. The van der Waals surface area contributed by atoms with Gasteiger partial charge in [-0.15, -0.1) is 0 Å².